The van der Waals surface area contributed by atoms with Crippen LogP contribution in [0.1, 0.15) is 0 Å². The van der Waals surface area contributed by atoms with E-state index in [1.54, 1.807) is 0 Å². The zero-order valence-corrected chi connectivity index (χ0v) is 27.8. The van der Waals surface area contributed by atoms with E-state index in [1.807, 2.05) is 48.5 Å². The van der Waals surface area contributed by atoms with E-state index in [4.69, 9.17) is 18.2 Å². The molecule has 11 aromatic rings. The van der Waals surface area contributed by atoms with Gasteiger partial charge in [0.2, 0.25) is 5.89 Å². The van der Waals surface area contributed by atoms with E-state index in [2.05, 4.69) is 126 Å². The number of nitrogens with zero attached hydrogens (tertiary/aromatic N) is 2. The van der Waals surface area contributed by atoms with Crippen molar-refractivity contribution in [2.75, 3.05) is 4.90 Å². The summed E-state index contributed by atoms with van der Waals surface area (Å²) in [5.41, 5.74) is 10.5. The van der Waals surface area contributed by atoms with Crippen LogP contribution in [0.25, 0.3) is 88.3 Å². The van der Waals surface area contributed by atoms with Crippen LogP contribution in [0.2, 0.25) is 0 Å². The Morgan fingerprint density at radius 2 is 1.02 bits per heavy atom. The van der Waals surface area contributed by atoms with Gasteiger partial charge >= 0.3 is 0 Å². The van der Waals surface area contributed by atoms with Crippen molar-refractivity contribution in [2.45, 2.75) is 0 Å². The molecule has 52 heavy (non-hydrogen) atoms. The molecule has 0 aliphatic rings. The fraction of sp³-hybridized carbons (Fsp3) is 0. The Bertz CT molecular complexity index is 3130. The maximum atomic E-state index is 6.64. The number of anilines is 3. The highest BCUT2D eigenvalue weighted by atomic mass is 16.4. The third kappa shape index (κ3) is 4.46. The summed E-state index contributed by atoms with van der Waals surface area (Å²) < 4.78 is 19.6. The highest BCUT2D eigenvalue weighted by Crippen LogP contribution is 2.48. The monoisotopic (exact) mass is 668 g/mol. The Hall–Kier alpha value is -7.11. The minimum Gasteiger partial charge on any atom is -0.456 e. The standard InChI is InChI=1S/C47H28N2O3/c1-2-10-29(11-3-1)31-20-22-34(23-21-31)49(35-24-25-37-36-14-6-8-16-39(36)50-41(37)27-35)46-44-38-15-7-9-17-40(38)51-42(44)28-43-45(46)48-47(52-43)33-19-18-30-12-4-5-13-32(30)26-33/h1-28H. The fourth-order valence-electron chi connectivity index (χ4n) is 7.61. The molecule has 0 aliphatic heterocycles. The van der Waals surface area contributed by atoms with Gasteiger partial charge < -0.3 is 18.2 Å². The van der Waals surface area contributed by atoms with Gasteiger partial charge in [-0.3, -0.25) is 0 Å². The van der Waals surface area contributed by atoms with Gasteiger partial charge in [0.05, 0.1) is 11.1 Å². The van der Waals surface area contributed by atoms with Crippen molar-refractivity contribution < 1.29 is 13.3 Å². The van der Waals surface area contributed by atoms with Gasteiger partial charge in [0, 0.05) is 45.2 Å². The largest absolute Gasteiger partial charge is 0.456 e. The second kappa shape index (κ2) is 11.2. The number of para-hydroxylation sites is 2. The van der Waals surface area contributed by atoms with Crippen molar-refractivity contribution in [1.29, 1.82) is 0 Å². The molecule has 0 saturated carbocycles. The summed E-state index contributed by atoms with van der Waals surface area (Å²) in [6.07, 6.45) is 0. The first kappa shape index (κ1) is 28.7. The molecule has 8 aromatic carbocycles. The van der Waals surface area contributed by atoms with Gasteiger partial charge in [0.25, 0.3) is 0 Å². The average Bonchev–Trinajstić information content (AvgIpc) is 3.91. The summed E-state index contributed by atoms with van der Waals surface area (Å²) in [5, 5.41) is 6.40. The highest BCUT2D eigenvalue weighted by molar-refractivity contribution is 6.20. The van der Waals surface area contributed by atoms with Crippen LogP contribution in [-0.2, 0) is 0 Å². The molecule has 5 heteroatoms. The van der Waals surface area contributed by atoms with Gasteiger partial charge in [0.15, 0.2) is 5.58 Å². The molecule has 0 bridgehead atoms. The van der Waals surface area contributed by atoms with Crippen molar-refractivity contribution in [3.05, 3.63) is 170 Å². The van der Waals surface area contributed by atoms with E-state index < -0.39 is 0 Å². The van der Waals surface area contributed by atoms with Crippen LogP contribution < -0.4 is 4.90 Å². The van der Waals surface area contributed by atoms with Crippen LogP contribution in [0.5, 0.6) is 0 Å². The van der Waals surface area contributed by atoms with E-state index in [0.717, 1.165) is 93.9 Å². The maximum Gasteiger partial charge on any atom is 0.227 e. The van der Waals surface area contributed by atoms with Crippen LogP contribution in [-0.4, -0.2) is 4.98 Å². The zero-order chi connectivity index (χ0) is 34.2. The van der Waals surface area contributed by atoms with Gasteiger partial charge in [-0.15, -0.1) is 0 Å². The Balaban J connectivity index is 1.21. The smallest absolute Gasteiger partial charge is 0.227 e. The summed E-state index contributed by atoms with van der Waals surface area (Å²) in [6.45, 7) is 0. The van der Waals surface area contributed by atoms with Crippen LogP contribution in [0.15, 0.2) is 183 Å². The summed E-state index contributed by atoms with van der Waals surface area (Å²) in [7, 11) is 0. The number of fused-ring (bicyclic) bond motifs is 8. The number of rotatable bonds is 5. The number of aromatic nitrogens is 1. The molecule has 0 fully saturated rings. The highest BCUT2D eigenvalue weighted by Gasteiger charge is 2.27. The van der Waals surface area contributed by atoms with E-state index in [0.29, 0.717) is 11.5 Å². The van der Waals surface area contributed by atoms with Gasteiger partial charge in [-0.1, -0.05) is 109 Å². The van der Waals surface area contributed by atoms with Crippen molar-refractivity contribution in [3.8, 4) is 22.6 Å². The SMILES string of the molecule is c1ccc(-c2ccc(N(c3ccc4c(c3)oc3ccccc34)c3c4nc(-c5ccc6ccccc6c5)oc4cc4oc5ccccc5c34)cc2)cc1. The number of furan rings is 2. The molecule has 0 radical (unpaired) electrons. The first-order valence-electron chi connectivity index (χ1n) is 17.4. The van der Waals surface area contributed by atoms with Crippen LogP contribution in [0.3, 0.4) is 0 Å². The topological polar surface area (TPSA) is 55.6 Å². The first-order valence-corrected chi connectivity index (χ1v) is 17.4. The maximum absolute atomic E-state index is 6.64. The lowest BCUT2D eigenvalue weighted by Gasteiger charge is -2.26. The van der Waals surface area contributed by atoms with Crippen molar-refractivity contribution >= 4 is 82.8 Å². The molecule has 0 unspecified atom stereocenters. The minimum atomic E-state index is 0.547. The summed E-state index contributed by atoms with van der Waals surface area (Å²) in [6, 6.07) is 58.5. The van der Waals surface area contributed by atoms with Gasteiger partial charge in [0.1, 0.15) is 27.8 Å². The van der Waals surface area contributed by atoms with Crippen molar-refractivity contribution in [3.63, 3.8) is 0 Å². The minimum absolute atomic E-state index is 0.547. The first-order chi connectivity index (χ1) is 25.7. The number of benzene rings is 8. The molecule has 0 atom stereocenters. The zero-order valence-electron chi connectivity index (χ0n) is 27.8. The lowest BCUT2D eigenvalue weighted by atomic mass is 10.0. The summed E-state index contributed by atoms with van der Waals surface area (Å²) in [4.78, 5) is 7.55. The molecule has 0 spiro atoms. The van der Waals surface area contributed by atoms with Gasteiger partial charge in [-0.2, -0.15) is 0 Å². The van der Waals surface area contributed by atoms with Crippen LogP contribution in [0, 0.1) is 0 Å². The Morgan fingerprint density at radius 3 is 1.87 bits per heavy atom. The van der Waals surface area contributed by atoms with Crippen molar-refractivity contribution in [1.82, 2.24) is 4.98 Å². The molecule has 11 rings (SSSR count). The number of hydrogen-bond acceptors (Lipinski definition) is 5. The molecule has 5 nitrogen and oxygen atoms in total. The predicted octanol–water partition coefficient (Wildman–Crippen LogP) is 13.6. The molecule has 0 amide bonds. The second-order valence-electron chi connectivity index (χ2n) is 13.2. The average molecular weight is 669 g/mol. The Labute approximate surface area is 297 Å². The molecule has 244 valence electrons. The van der Waals surface area contributed by atoms with Crippen LogP contribution in [0.4, 0.5) is 17.1 Å². The van der Waals surface area contributed by atoms with Crippen LogP contribution >= 0.6 is 0 Å². The third-order valence-corrected chi connectivity index (χ3v) is 10.1. The van der Waals surface area contributed by atoms with Crippen molar-refractivity contribution in [2.24, 2.45) is 0 Å². The molecule has 0 saturated heterocycles. The molecule has 3 heterocycles. The molecule has 0 aliphatic carbocycles. The van der Waals surface area contributed by atoms with E-state index in [-0.39, 0.29) is 0 Å². The summed E-state index contributed by atoms with van der Waals surface area (Å²) >= 11 is 0. The molecule has 3 aromatic heterocycles. The van der Waals surface area contributed by atoms with E-state index >= 15 is 0 Å². The normalized spacial score (nSPS) is 11.8. The lowest BCUT2D eigenvalue weighted by Crippen LogP contribution is -2.11. The Kier molecular flexibility index (Phi) is 6.18. The van der Waals surface area contributed by atoms with Gasteiger partial charge in [-0.25, -0.2) is 4.98 Å². The molecular formula is C47H28N2O3. The number of hydrogen-bond donors (Lipinski definition) is 0. The molecule has 0 N–H and O–H groups in total. The lowest BCUT2D eigenvalue weighted by molar-refractivity contribution is 0.617. The molecular weight excluding hydrogens is 641 g/mol. The van der Waals surface area contributed by atoms with Gasteiger partial charge in [-0.05, 0) is 70.4 Å². The Morgan fingerprint density at radius 1 is 0.385 bits per heavy atom. The predicted molar refractivity (Wildman–Crippen MR) is 212 cm³/mol. The van der Waals surface area contributed by atoms with E-state index in [1.165, 1.54) is 0 Å². The summed E-state index contributed by atoms with van der Waals surface area (Å²) in [5.74, 6) is 0.547. The fourth-order valence-corrected chi connectivity index (χ4v) is 7.61. The third-order valence-electron chi connectivity index (χ3n) is 10.1. The second-order valence-corrected chi connectivity index (χ2v) is 13.2. The van der Waals surface area contributed by atoms with E-state index in [9.17, 15) is 0 Å². The number of oxazole rings is 1. The quantitative estimate of drug-likeness (QED) is 0.183.